The zero-order valence-electron chi connectivity index (χ0n) is 14.8. The van der Waals surface area contributed by atoms with Crippen LogP contribution in [-0.2, 0) is 4.79 Å². The fourth-order valence-corrected chi connectivity index (χ4v) is 3.71. The normalized spacial score (nSPS) is 19.9. The van der Waals surface area contributed by atoms with Crippen LogP contribution in [0.25, 0.3) is 0 Å². The molecule has 0 atom stereocenters. The number of quaternary nitrogens is 1. The van der Waals surface area contributed by atoms with Crippen molar-refractivity contribution < 1.29 is 19.6 Å². The second kappa shape index (κ2) is 6.79. The Morgan fingerprint density at radius 1 is 1.13 bits per heavy atom. The zero-order valence-corrected chi connectivity index (χ0v) is 14.8. The number of nitrogens with one attached hydrogen (secondary N) is 1. The third-order valence-corrected chi connectivity index (χ3v) is 4.12. The standard InChI is InChI=1S/C18H28N2O3/c1-17(2)10-13(11-18(3,4)20-17)19-16(21)12-23-15-8-6-14(22-5)7-9-15/h6-9,13,20H,10-12H2,1-5H3,(H,19,21)/p+1. The summed E-state index contributed by atoms with van der Waals surface area (Å²) in [7, 11) is 1.62. The van der Waals surface area contributed by atoms with Gasteiger partial charge in [-0.05, 0) is 52.0 Å². The average molecular weight is 321 g/mol. The Bertz CT molecular complexity index is 522. The SMILES string of the molecule is COc1ccc(OCC(=O)NC2CC(C)(C)[NH2+]C(C)(C)C2)cc1. The lowest BCUT2D eigenvalue weighted by atomic mass is 9.79. The van der Waals surface area contributed by atoms with Gasteiger partial charge in [-0.2, -0.15) is 0 Å². The van der Waals surface area contributed by atoms with Crippen LogP contribution >= 0.6 is 0 Å². The fourth-order valence-electron chi connectivity index (χ4n) is 3.71. The minimum Gasteiger partial charge on any atom is -0.497 e. The highest BCUT2D eigenvalue weighted by molar-refractivity contribution is 5.77. The Morgan fingerprint density at radius 2 is 1.65 bits per heavy atom. The molecule has 1 aromatic carbocycles. The molecule has 3 N–H and O–H groups in total. The van der Waals surface area contributed by atoms with Gasteiger partial charge in [0.1, 0.15) is 11.5 Å². The third kappa shape index (κ3) is 5.43. The summed E-state index contributed by atoms with van der Waals surface area (Å²) in [6.45, 7) is 8.93. The van der Waals surface area contributed by atoms with Crippen LogP contribution in [-0.4, -0.2) is 36.7 Å². The van der Waals surface area contributed by atoms with E-state index in [1.165, 1.54) is 0 Å². The van der Waals surface area contributed by atoms with Gasteiger partial charge < -0.3 is 20.1 Å². The van der Waals surface area contributed by atoms with Crippen LogP contribution in [0.15, 0.2) is 24.3 Å². The van der Waals surface area contributed by atoms with Crippen molar-refractivity contribution in [3.05, 3.63) is 24.3 Å². The second-order valence-electron chi connectivity index (χ2n) is 7.76. The Balaban J connectivity index is 1.84. The maximum absolute atomic E-state index is 12.2. The molecule has 1 saturated heterocycles. The number of ether oxygens (including phenoxy) is 2. The van der Waals surface area contributed by atoms with E-state index < -0.39 is 0 Å². The summed E-state index contributed by atoms with van der Waals surface area (Å²) < 4.78 is 10.6. The minimum absolute atomic E-state index is 0.0351. The smallest absolute Gasteiger partial charge is 0.258 e. The predicted molar refractivity (Wildman–Crippen MR) is 89.7 cm³/mol. The molecule has 128 valence electrons. The molecule has 23 heavy (non-hydrogen) atoms. The molecule has 1 aromatic rings. The van der Waals surface area contributed by atoms with Gasteiger partial charge in [0.25, 0.3) is 5.91 Å². The van der Waals surface area contributed by atoms with E-state index in [0.717, 1.165) is 18.6 Å². The molecule has 2 rings (SSSR count). The molecule has 0 unspecified atom stereocenters. The van der Waals surface area contributed by atoms with Crippen molar-refractivity contribution in [2.24, 2.45) is 0 Å². The van der Waals surface area contributed by atoms with Crippen LogP contribution in [0.4, 0.5) is 0 Å². The number of hydrogen-bond donors (Lipinski definition) is 2. The second-order valence-corrected chi connectivity index (χ2v) is 7.76. The zero-order chi connectivity index (χ0) is 17.1. The summed E-state index contributed by atoms with van der Waals surface area (Å²) in [5.74, 6) is 1.36. The molecule has 0 aliphatic carbocycles. The van der Waals surface area contributed by atoms with Crippen LogP contribution in [0.5, 0.6) is 11.5 Å². The highest BCUT2D eigenvalue weighted by atomic mass is 16.5. The topological polar surface area (TPSA) is 64.2 Å². The molecular formula is C18H29N2O3+. The van der Waals surface area contributed by atoms with E-state index in [1.54, 1.807) is 19.2 Å². The molecule has 1 fully saturated rings. The van der Waals surface area contributed by atoms with Gasteiger partial charge in [-0.25, -0.2) is 0 Å². The van der Waals surface area contributed by atoms with Crippen LogP contribution in [0.2, 0.25) is 0 Å². The van der Waals surface area contributed by atoms with Crippen molar-refractivity contribution >= 4 is 5.91 Å². The van der Waals surface area contributed by atoms with Gasteiger partial charge in [-0.3, -0.25) is 4.79 Å². The largest absolute Gasteiger partial charge is 0.497 e. The first-order valence-corrected chi connectivity index (χ1v) is 8.12. The monoisotopic (exact) mass is 321 g/mol. The number of benzene rings is 1. The van der Waals surface area contributed by atoms with Crippen LogP contribution < -0.4 is 20.1 Å². The lowest BCUT2D eigenvalue weighted by molar-refractivity contribution is -0.787. The number of piperidine rings is 1. The van der Waals surface area contributed by atoms with Gasteiger partial charge >= 0.3 is 0 Å². The van der Waals surface area contributed by atoms with Gasteiger partial charge in [0.15, 0.2) is 6.61 Å². The van der Waals surface area contributed by atoms with E-state index >= 15 is 0 Å². The van der Waals surface area contributed by atoms with Crippen LogP contribution in [0.1, 0.15) is 40.5 Å². The van der Waals surface area contributed by atoms with Crippen molar-refractivity contribution in [1.82, 2.24) is 5.32 Å². The molecule has 1 aliphatic rings. The number of nitrogens with two attached hydrogens (primary N) is 1. The van der Waals surface area contributed by atoms with Crippen molar-refractivity contribution in [2.75, 3.05) is 13.7 Å². The van der Waals surface area contributed by atoms with Gasteiger partial charge in [0.2, 0.25) is 0 Å². The lowest BCUT2D eigenvalue weighted by Crippen LogP contribution is -3.06. The van der Waals surface area contributed by atoms with Gasteiger partial charge in [0, 0.05) is 18.9 Å². The first kappa shape index (κ1) is 17.6. The quantitative estimate of drug-likeness (QED) is 0.863. The molecule has 5 heteroatoms. The summed E-state index contributed by atoms with van der Waals surface area (Å²) >= 11 is 0. The predicted octanol–water partition coefficient (Wildman–Crippen LogP) is 1.47. The molecule has 0 radical (unpaired) electrons. The summed E-state index contributed by atoms with van der Waals surface area (Å²) in [6.07, 6.45) is 1.93. The highest BCUT2D eigenvalue weighted by Crippen LogP contribution is 2.22. The average Bonchev–Trinajstić information content (AvgIpc) is 2.42. The number of carbonyl (C=O) groups is 1. The highest BCUT2D eigenvalue weighted by Gasteiger charge is 2.42. The van der Waals surface area contributed by atoms with E-state index in [-0.39, 0.29) is 29.6 Å². The molecule has 1 heterocycles. The Morgan fingerprint density at radius 3 is 2.17 bits per heavy atom. The first-order valence-electron chi connectivity index (χ1n) is 8.12. The molecule has 1 amide bonds. The minimum atomic E-state index is -0.0701. The van der Waals surface area contributed by atoms with Crippen molar-refractivity contribution in [2.45, 2.75) is 57.7 Å². The molecule has 0 spiro atoms. The molecule has 5 nitrogen and oxygen atoms in total. The van der Waals surface area contributed by atoms with Crippen molar-refractivity contribution in [3.63, 3.8) is 0 Å². The maximum Gasteiger partial charge on any atom is 0.258 e. The van der Waals surface area contributed by atoms with E-state index in [9.17, 15) is 4.79 Å². The van der Waals surface area contributed by atoms with Gasteiger partial charge in [-0.1, -0.05) is 0 Å². The van der Waals surface area contributed by atoms with Gasteiger partial charge in [0.05, 0.1) is 18.2 Å². The Labute approximate surface area is 138 Å². The number of rotatable bonds is 5. The Hall–Kier alpha value is -1.75. The van der Waals surface area contributed by atoms with E-state index in [0.29, 0.717) is 5.75 Å². The van der Waals surface area contributed by atoms with E-state index in [1.807, 2.05) is 12.1 Å². The molecular weight excluding hydrogens is 292 g/mol. The first-order chi connectivity index (χ1) is 10.7. The Kier molecular flexibility index (Phi) is 5.19. The van der Waals surface area contributed by atoms with Crippen molar-refractivity contribution in [3.8, 4) is 11.5 Å². The molecule has 0 saturated carbocycles. The van der Waals surface area contributed by atoms with E-state index in [4.69, 9.17) is 9.47 Å². The summed E-state index contributed by atoms with van der Waals surface area (Å²) in [5, 5.41) is 5.51. The molecule has 0 bridgehead atoms. The number of methoxy groups -OCH3 is 1. The number of amides is 1. The molecule has 1 aliphatic heterocycles. The van der Waals surface area contributed by atoms with Crippen molar-refractivity contribution in [1.29, 1.82) is 0 Å². The maximum atomic E-state index is 12.2. The lowest BCUT2D eigenvalue weighted by Gasteiger charge is -2.43. The van der Waals surface area contributed by atoms with Crippen LogP contribution in [0.3, 0.4) is 0 Å². The summed E-state index contributed by atoms with van der Waals surface area (Å²) in [5.41, 5.74) is 0.271. The molecule has 0 aromatic heterocycles. The third-order valence-electron chi connectivity index (χ3n) is 4.12. The van der Waals surface area contributed by atoms with E-state index in [2.05, 4.69) is 38.3 Å². The number of carbonyl (C=O) groups excluding carboxylic acids is 1. The van der Waals surface area contributed by atoms with Gasteiger partial charge in [-0.15, -0.1) is 0 Å². The summed E-state index contributed by atoms with van der Waals surface area (Å²) in [6, 6.07) is 7.42. The summed E-state index contributed by atoms with van der Waals surface area (Å²) in [4.78, 5) is 12.2. The fraction of sp³-hybridized carbons (Fsp3) is 0.611. The van der Waals surface area contributed by atoms with Crippen LogP contribution in [0, 0.1) is 0 Å². The number of hydrogen-bond acceptors (Lipinski definition) is 3.